The number of ether oxygens (including phenoxy) is 1. The SMILES string of the molecule is C=CCCOc1nc(N)nc2sc(C)cc12. The smallest absolute Gasteiger partial charge is 0.227 e. The quantitative estimate of drug-likeness (QED) is 0.653. The van der Waals surface area contributed by atoms with Crippen LogP contribution in [0.25, 0.3) is 10.2 Å². The van der Waals surface area contributed by atoms with Crippen molar-refractivity contribution < 1.29 is 4.74 Å². The molecule has 2 N–H and O–H groups in total. The lowest BCUT2D eigenvalue weighted by Crippen LogP contribution is -2.01. The van der Waals surface area contributed by atoms with Crippen molar-refractivity contribution in [2.24, 2.45) is 0 Å². The number of hydrogen-bond donors (Lipinski definition) is 1. The molecule has 0 atom stereocenters. The van der Waals surface area contributed by atoms with Crippen LogP contribution in [0, 0.1) is 6.92 Å². The van der Waals surface area contributed by atoms with Crippen LogP contribution in [0.1, 0.15) is 11.3 Å². The Labute approximate surface area is 97.8 Å². The summed E-state index contributed by atoms with van der Waals surface area (Å²) in [5.41, 5.74) is 5.62. The van der Waals surface area contributed by atoms with E-state index in [0.29, 0.717) is 12.5 Å². The van der Waals surface area contributed by atoms with Gasteiger partial charge in [0.2, 0.25) is 11.8 Å². The second-order valence-electron chi connectivity index (χ2n) is 3.39. The van der Waals surface area contributed by atoms with Gasteiger partial charge in [0.1, 0.15) is 4.83 Å². The van der Waals surface area contributed by atoms with E-state index >= 15 is 0 Å². The first-order valence-corrected chi connectivity index (χ1v) is 5.79. The summed E-state index contributed by atoms with van der Waals surface area (Å²) in [6.07, 6.45) is 2.59. The fourth-order valence-corrected chi connectivity index (χ4v) is 2.26. The summed E-state index contributed by atoms with van der Waals surface area (Å²) in [7, 11) is 0. The van der Waals surface area contributed by atoms with Gasteiger partial charge < -0.3 is 10.5 Å². The van der Waals surface area contributed by atoms with Crippen LogP contribution in [0.5, 0.6) is 5.88 Å². The zero-order valence-corrected chi connectivity index (χ0v) is 9.88. The number of nitrogens with zero attached hydrogens (tertiary/aromatic N) is 2. The van der Waals surface area contributed by atoms with Crippen molar-refractivity contribution in [3.8, 4) is 5.88 Å². The molecule has 2 rings (SSSR count). The fourth-order valence-electron chi connectivity index (χ4n) is 1.38. The van der Waals surface area contributed by atoms with Crippen LogP contribution in [-0.4, -0.2) is 16.6 Å². The lowest BCUT2D eigenvalue weighted by Gasteiger charge is -2.04. The van der Waals surface area contributed by atoms with Gasteiger partial charge in [-0.15, -0.1) is 17.9 Å². The molecule has 0 aromatic carbocycles. The minimum absolute atomic E-state index is 0.253. The van der Waals surface area contributed by atoms with Crippen molar-refractivity contribution in [2.45, 2.75) is 13.3 Å². The van der Waals surface area contributed by atoms with Gasteiger partial charge in [0.25, 0.3) is 0 Å². The Morgan fingerprint density at radius 3 is 3.12 bits per heavy atom. The lowest BCUT2D eigenvalue weighted by atomic mass is 10.3. The molecule has 2 aromatic rings. The van der Waals surface area contributed by atoms with E-state index in [9.17, 15) is 0 Å². The Balaban J connectivity index is 2.37. The van der Waals surface area contributed by atoms with E-state index in [1.54, 1.807) is 17.4 Å². The molecule has 5 heteroatoms. The number of hydrogen-bond acceptors (Lipinski definition) is 5. The van der Waals surface area contributed by atoms with Crippen molar-refractivity contribution in [2.75, 3.05) is 12.3 Å². The Morgan fingerprint density at radius 2 is 2.38 bits per heavy atom. The molecule has 0 unspecified atom stereocenters. The van der Waals surface area contributed by atoms with Crippen molar-refractivity contribution in [3.63, 3.8) is 0 Å². The summed E-state index contributed by atoms with van der Waals surface area (Å²) in [6, 6.07) is 2.02. The standard InChI is InChI=1S/C11H13N3OS/c1-3-4-5-15-9-8-6-7(2)16-10(8)14-11(12)13-9/h3,6H,1,4-5H2,2H3,(H2,12,13,14). The van der Waals surface area contributed by atoms with Crippen molar-refractivity contribution in [1.82, 2.24) is 9.97 Å². The molecule has 0 aliphatic carbocycles. The van der Waals surface area contributed by atoms with E-state index in [2.05, 4.69) is 16.5 Å². The van der Waals surface area contributed by atoms with Gasteiger partial charge in [0.05, 0.1) is 12.0 Å². The highest BCUT2D eigenvalue weighted by atomic mass is 32.1. The highest BCUT2D eigenvalue weighted by molar-refractivity contribution is 7.18. The zero-order chi connectivity index (χ0) is 11.5. The minimum Gasteiger partial charge on any atom is -0.477 e. The van der Waals surface area contributed by atoms with Crippen molar-refractivity contribution in [1.29, 1.82) is 0 Å². The Bertz CT molecular complexity index is 521. The Morgan fingerprint density at radius 1 is 1.56 bits per heavy atom. The van der Waals surface area contributed by atoms with Gasteiger partial charge in [0, 0.05) is 4.88 Å². The predicted molar refractivity (Wildman–Crippen MR) is 66.9 cm³/mol. The molecule has 84 valence electrons. The molecule has 2 heterocycles. The summed E-state index contributed by atoms with van der Waals surface area (Å²) >= 11 is 1.59. The summed E-state index contributed by atoms with van der Waals surface area (Å²) in [4.78, 5) is 10.3. The number of rotatable bonds is 4. The van der Waals surface area contributed by atoms with Crippen molar-refractivity contribution >= 4 is 27.5 Å². The van der Waals surface area contributed by atoms with Gasteiger partial charge in [-0.2, -0.15) is 4.98 Å². The fraction of sp³-hybridized carbons (Fsp3) is 0.273. The third-order valence-corrected chi connectivity index (χ3v) is 3.00. The van der Waals surface area contributed by atoms with E-state index in [-0.39, 0.29) is 5.95 Å². The molecule has 4 nitrogen and oxygen atoms in total. The second-order valence-corrected chi connectivity index (χ2v) is 4.62. The number of aromatic nitrogens is 2. The Hall–Kier alpha value is -1.62. The number of anilines is 1. The number of aryl methyl sites for hydroxylation is 1. The average Bonchev–Trinajstić information content (AvgIpc) is 2.58. The zero-order valence-electron chi connectivity index (χ0n) is 9.06. The van der Waals surface area contributed by atoms with E-state index < -0.39 is 0 Å². The molecule has 0 aliphatic rings. The molecule has 0 saturated heterocycles. The average molecular weight is 235 g/mol. The van der Waals surface area contributed by atoms with Crippen LogP contribution in [0.3, 0.4) is 0 Å². The normalized spacial score (nSPS) is 10.6. The number of nitrogens with two attached hydrogens (primary N) is 1. The molecule has 0 aliphatic heterocycles. The number of fused-ring (bicyclic) bond motifs is 1. The molecule has 0 fully saturated rings. The molecule has 0 spiro atoms. The molecule has 0 bridgehead atoms. The van der Waals surface area contributed by atoms with Crippen LogP contribution in [0.15, 0.2) is 18.7 Å². The summed E-state index contributed by atoms with van der Waals surface area (Å²) in [5, 5.41) is 0.931. The highest BCUT2D eigenvalue weighted by Gasteiger charge is 2.09. The van der Waals surface area contributed by atoms with E-state index in [1.165, 1.54) is 4.88 Å². The van der Waals surface area contributed by atoms with Crippen LogP contribution in [0.4, 0.5) is 5.95 Å². The van der Waals surface area contributed by atoms with Gasteiger partial charge in [-0.25, -0.2) is 4.98 Å². The molecular formula is C11H13N3OS. The minimum atomic E-state index is 0.253. The summed E-state index contributed by atoms with van der Waals surface area (Å²) in [5.74, 6) is 0.816. The summed E-state index contributed by atoms with van der Waals surface area (Å²) < 4.78 is 5.56. The molecule has 0 radical (unpaired) electrons. The second kappa shape index (κ2) is 4.49. The van der Waals surface area contributed by atoms with E-state index in [1.807, 2.05) is 13.0 Å². The van der Waals surface area contributed by atoms with Gasteiger partial charge in [0.15, 0.2) is 0 Å². The molecule has 16 heavy (non-hydrogen) atoms. The number of nitrogen functional groups attached to an aromatic ring is 1. The molecule has 2 aromatic heterocycles. The maximum Gasteiger partial charge on any atom is 0.227 e. The van der Waals surface area contributed by atoms with Gasteiger partial charge in [-0.3, -0.25) is 0 Å². The maximum absolute atomic E-state index is 5.62. The third kappa shape index (κ3) is 2.14. The molecule has 0 amide bonds. The first-order chi connectivity index (χ1) is 7.70. The van der Waals surface area contributed by atoms with Crippen LogP contribution < -0.4 is 10.5 Å². The van der Waals surface area contributed by atoms with Gasteiger partial charge in [-0.1, -0.05) is 6.08 Å². The number of thiophene rings is 1. The highest BCUT2D eigenvalue weighted by Crippen LogP contribution is 2.30. The summed E-state index contributed by atoms with van der Waals surface area (Å²) in [6.45, 7) is 6.22. The Kier molecular flexibility index (Phi) is 3.05. The van der Waals surface area contributed by atoms with Crippen LogP contribution in [-0.2, 0) is 0 Å². The first-order valence-electron chi connectivity index (χ1n) is 4.98. The van der Waals surface area contributed by atoms with Crippen molar-refractivity contribution in [3.05, 3.63) is 23.6 Å². The predicted octanol–water partition coefficient (Wildman–Crippen LogP) is 2.54. The lowest BCUT2D eigenvalue weighted by molar-refractivity contribution is 0.317. The maximum atomic E-state index is 5.62. The van der Waals surface area contributed by atoms with E-state index in [4.69, 9.17) is 10.5 Å². The molecule has 0 saturated carbocycles. The van der Waals surface area contributed by atoms with Gasteiger partial charge >= 0.3 is 0 Å². The third-order valence-electron chi connectivity index (χ3n) is 2.06. The van der Waals surface area contributed by atoms with Gasteiger partial charge in [-0.05, 0) is 19.4 Å². The largest absolute Gasteiger partial charge is 0.477 e. The van der Waals surface area contributed by atoms with Crippen LogP contribution in [0.2, 0.25) is 0 Å². The molecular weight excluding hydrogens is 222 g/mol. The van der Waals surface area contributed by atoms with Crippen LogP contribution >= 0.6 is 11.3 Å². The first kappa shape index (κ1) is 10.9. The topological polar surface area (TPSA) is 61.0 Å². The van der Waals surface area contributed by atoms with E-state index in [0.717, 1.165) is 16.6 Å². The monoisotopic (exact) mass is 235 g/mol.